The number of pyridine rings is 2. The summed E-state index contributed by atoms with van der Waals surface area (Å²) >= 11 is 12.1. The van der Waals surface area contributed by atoms with Crippen molar-refractivity contribution in [3.05, 3.63) is 106 Å². The van der Waals surface area contributed by atoms with Crippen LogP contribution in [-0.2, 0) is 6.54 Å². The van der Waals surface area contributed by atoms with Crippen molar-refractivity contribution in [3.63, 3.8) is 0 Å². The molecule has 1 aliphatic rings. The first kappa shape index (κ1) is 22.4. The van der Waals surface area contributed by atoms with Crippen LogP contribution in [0.2, 0.25) is 5.02 Å². The second-order valence-corrected chi connectivity index (χ2v) is 9.23. The molecule has 0 amide bonds. The van der Waals surface area contributed by atoms with Gasteiger partial charge in [0.2, 0.25) is 0 Å². The van der Waals surface area contributed by atoms with Gasteiger partial charge in [-0.05, 0) is 79.7 Å². The van der Waals surface area contributed by atoms with Crippen LogP contribution in [0.15, 0.2) is 73.2 Å². The standard InChI is InChI=1S/C26H24ClN5OS/c1-16-12-20(17(2)31(16)15-18-6-5-10-28-14-18)25-24(21-7-3-4-11-29-21)30-26(34)32(25)22-13-19(27)8-9-23(22)33/h3-14,24-25,33H,15H2,1-2H3,(H,30,34). The van der Waals surface area contributed by atoms with Crippen molar-refractivity contribution in [1.29, 1.82) is 0 Å². The van der Waals surface area contributed by atoms with Crippen LogP contribution in [0.25, 0.3) is 0 Å². The van der Waals surface area contributed by atoms with Crippen LogP contribution in [0, 0.1) is 13.8 Å². The maximum atomic E-state index is 10.7. The zero-order valence-electron chi connectivity index (χ0n) is 18.8. The highest BCUT2D eigenvalue weighted by Gasteiger charge is 2.43. The highest BCUT2D eigenvalue weighted by Crippen LogP contribution is 2.46. The number of nitrogens with one attached hydrogen (secondary N) is 1. The number of phenols is 1. The Balaban J connectivity index is 1.65. The lowest BCUT2D eigenvalue weighted by Gasteiger charge is -2.28. The first-order chi connectivity index (χ1) is 16.4. The van der Waals surface area contributed by atoms with Crippen molar-refractivity contribution >= 4 is 34.6 Å². The number of nitrogens with zero attached hydrogens (tertiary/aromatic N) is 4. The minimum atomic E-state index is -0.236. The van der Waals surface area contributed by atoms with E-state index in [1.165, 1.54) is 0 Å². The van der Waals surface area contributed by atoms with E-state index in [9.17, 15) is 5.11 Å². The Labute approximate surface area is 208 Å². The largest absolute Gasteiger partial charge is 0.506 e. The molecule has 2 N–H and O–H groups in total. The molecule has 6 nitrogen and oxygen atoms in total. The zero-order chi connectivity index (χ0) is 23.8. The van der Waals surface area contributed by atoms with E-state index in [0.717, 1.165) is 28.2 Å². The third-order valence-corrected chi connectivity index (χ3v) is 6.84. The van der Waals surface area contributed by atoms with Crippen LogP contribution in [0.4, 0.5) is 5.69 Å². The Morgan fingerprint density at radius 3 is 2.68 bits per heavy atom. The van der Waals surface area contributed by atoms with Gasteiger partial charge in [0, 0.05) is 41.5 Å². The summed E-state index contributed by atoms with van der Waals surface area (Å²) in [7, 11) is 0. The highest BCUT2D eigenvalue weighted by atomic mass is 35.5. The zero-order valence-corrected chi connectivity index (χ0v) is 20.4. The summed E-state index contributed by atoms with van der Waals surface area (Å²) in [5, 5.41) is 15.2. The number of aromatic nitrogens is 3. The van der Waals surface area contributed by atoms with Crippen LogP contribution in [0.1, 0.15) is 40.3 Å². The third-order valence-electron chi connectivity index (χ3n) is 6.29. The van der Waals surface area contributed by atoms with Gasteiger partial charge < -0.3 is 19.9 Å². The monoisotopic (exact) mass is 489 g/mol. The molecule has 1 saturated heterocycles. The lowest BCUT2D eigenvalue weighted by atomic mass is 9.96. The second kappa shape index (κ2) is 9.08. The number of hydrogen-bond donors (Lipinski definition) is 2. The van der Waals surface area contributed by atoms with Crippen molar-refractivity contribution < 1.29 is 5.11 Å². The summed E-state index contributed by atoms with van der Waals surface area (Å²) in [6, 6.07) is 16.6. The van der Waals surface area contributed by atoms with Gasteiger partial charge in [0.15, 0.2) is 5.11 Å². The molecule has 1 aliphatic heterocycles. The molecule has 4 heterocycles. The van der Waals surface area contributed by atoms with E-state index in [1.54, 1.807) is 30.6 Å². The van der Waals surface area contributed by atoms with Gasteiger partial charge >= 0.3 is 0 Å². The Hall–Kier alpha value is -3.42. The second-order valence-electron chi connectivity index (χ2n) is 8.40. The number of rotatable bonds is 5. The quantitative estimate of drug-likeness (QED) is 0.362. The van der Waals surface area contributed by atoms with E-state index in [-0.39, 0.29) is 17.8 Å². The number of anilines is 1. The fourth-order valence-corrected chi connectivity index (χ4v) is 5.17. The molecule has 5 rings (SSSR count). The van der Waals surface area contributed by atoms with Crippen LogP contribution in [-0.4, -0.2) is 24.8 Å². The van der Waals surface area contributed by atoms with Crippen molar-refractivity contribution in [2.75, 3.05) is 4.90 Å². The van der Waals surface area contributed by atoms with Crippen molar-refractivity contribution in [2.45, 2.75) is 32.5 Å². The van der Waals surface area contributed by atoms with E-state index < -0.39 is 0 Å². The van der Waals surface area contributed by atoms with Crippen LogP contribution >= 0.6 is 23.8 Å². The van der Waals surface area contributed by atoms with E-state index in [1.807, 2.05) is 35.4 Å². The van der Waals surface area contributed by atoms with Crippen molar-refractivity contribution in [3.8, 4) is 5.75 Å². The average molecular weight is 490 g/mol. The van der Waals surface area contributed by atoms with Gasteiger partial charge in [-0.2, -0.15) is 0 Å². The summed E-state index contributed by atoms with van der Waals surface area (Å²) in [5.74, 6) is 0.115. The normalized spacial score (nSPS) is 17.7. The first-order valence-electron chi connectivity index (χ1n) is 11.0. The summed E-state index contributed by atoms with van der Waals surface area (Å²) in [5.41, 5.74) is 5.90. The number of benzene rings is 1. The Kier molecular flexibility index (Phi) is 5.98. The van der Waals surface area contributed by atoms with E-state index >= 15 is 0 Å². The molecule has 0 radical (unpaired) electrons. The molecule has 0 bridgehead atoms. The molecule has 34 heavy (non-hydrogen) atoms. The number of thiocarbonyl (C=S) groups is 1. The maximum absolute atomic E-state index is 10.7. The molecule has 172 valence electrons. The predicted octanol–water partition coefficient (Wildman–Crippen LogP) is 5.48. The topological polar surface area (TPSA) is 66.2 Å². The van der Waals surface area contributed by atoms with Crippen LogP contribution < -0.4 is 10.2 Å². The molecule has 1 fully saturated rings. The summed E-state index contributed by atoms with van der Waals surface area (Å²) in [6.07, 6.45) is 5.45. The average Bonchev–Trinajstić information content (AvgIpc) is 3.32. The number of phenolic OH excluding ortho intramolecular Hbond substituents is 1. The Bertz CT molecular complexity index is 1340. The van der Waals surface area contributed by atoms with Crippen molar-refractivity contribution in [1.82, 2.24) is 19.9 Å². The van der Waals surface area contributed by atoms with Crippen LogP contribution in [0.5, 0.6) is 5.75 Å². The molecular weight excluding hydrogens is 466 g/mol. The summed E-state index contributed by atoms with van der Waals surface area (Å²) in [6.45, 7) is 4.93. The highest BCUT2D eigenvalue weighted by molar-refractivity contribution is 7.80. The van der Waals surface area contributed by atoms with Gasteiger partial charge in [-0.3, -0.25) is 9.97 Å². The van der Waals surface area contributed by atoms with Gasteiger partial charge in [0.1, 0.15) is 5.75 Å². The molecule has 1 aromatic carbocycles. The fourth-order valence-electron chi connectivity index (χ4n) is 4.66. The lowest BCUT2D eigenvalue weighted by Crippen LogP contribution is -2.29. The van der Waals surface area contributed by atoms with E-state index in [2.05, 4.69) is 45.8 Å². The number of halogens is 1. The van der Waals surface area contributed by atoms with E-state index in [4.69, 9.17) is 23.8 Å². The SMILES string of the molecule is Cc1cc(C2C(c3ccccn3)NC(=S)N2c2cc(Cl)ccc2O)c(C)n1Cc1cccnc1. The molecule has 2 atom stereocenters. The number of aromatic hydroxyl groups is 1. The van der Waals surface area contributed by atoms with Gasteiger partial charge in [-0.15, -0.1) is 0 Å². The maximum Gasteiger partial charge on any atom is 0.174 e. The number of aryl methyl sites for hydroxylation is 1. The minimum Gasteiger partial charge on any atom is -0.506 e. The molecule has 3 aromatic heterocycles. The van der Waals surface area contributed by atoms with Gasteiger partial charge in [-0.25, -0.2) is 0 Å². The molecule has 4 aromatic rings. The molecular formula is C26H24ClN5OS. The molecule has 0 saturated carbocycles. The van der Waals surface area contributed by atoms with Crippen molar-refractivity contribution in [2.24, 2.45) is 0 Å². The number of hydrogen-bond acceptors (Lipinski definition) is 4. The van der Waals surface area contributed by atoms with Gasteiger partial charge in [0.25, 0.3) is 0 Å². The summed E-state index contributed by atoms with van der Waals surface area (Å²) in [4.78, 5) is 10.8. The molecule has 0 aliphatic carbocycles. The van der Waals surface area contributed by atoms with Gasteiger partial charge in [0.05, 0.1) is 23.5 Å². The predicted molar refractivity (Wildman–Crippen MR) is 138 cm³/mol. The lowest BCUT2D eigenvalue weighted by molar-refractivity contribution is 0.472. The summed E-state index contributed by atoms with van der Waals surface area (Å²) < 4.78 is 2.28. The van der Waals surface area contributed by atoms with Gasteiger partial charge in [-0.1, -0.05) is 23.7 Å². The molecule has 2 unspecified atom stereocenters. The Morgan fingerprint density at radius 1 is 1.09 bits per heavy atom. The first-order valence-corrected chi connectivity index (χ1v) is 11.8. The van der Waals surface area contributed by atoms with Crippen LogP contribution in [0.3, 0.4) is 0 Å². The minimum absolute atomic E-state index is 0.115. The third kappa shape index (κ3) is 4.02. The Morgan fingerprint density at radius 2 is 1.94 bits per heavy atom. The molecule has 0 spiro atoms. The molecule has 8 heteroatoms. The van der Waals surface area contributed by atoms with E-state index in [0.29, 0.717) is 22.4 Å². The smallest absolute Gasteiger partial charge is 0.174 e. The fraction of sp³-hybridized carbons (Fsp3) is 0.192.